The number of rotatable bonds is 3. The highest BCUT2D eigenvalue weighted by Crippen LogP contribution is 2.29. The van der Waals surface area contributed by atoms with Crippen LogP contribution < -0.4 is 10.9 Å². The maximum atomic E-state index is 12.4. The van der Waals surface area contributed by atoms with E-state index in [1.165, 1.54) is 4.90 Å². The summed E-state index contributed by atoms with van der Waals surface area (Å²) in [6.07, 6.45) is 0.424. The van der Waals surface area contributed by atoms with Crippen molar-refractivity contribution in [2.24, 2.45) is 12.5 Å². The molecule has 3 rings (SSSR count). The highest BCUT2D eigenvalue weighted by Gasteiger charge is 2.42. The molecule has 0 radical (unpaired) electrons. The van der Waals surface area contributed by atoms with E-state index >= 15 is 0 Å². The number of amides is 2. The van der Waals surface area contributed by atoms with E-state index in [9.17, 15) is 19.5 Å². The molecule has 0 spiro atoms. The van der Waals surface area contributed by atoms with E-state index in [0.29, 0.717) is 18.5 Å². The van der Waals surface area contributed by atoms with Crippen LogP contribution >= 0.6 is 0 Å². The average Bonchev–Trinajstić information content (AvgIpc) is 3.00. The molecule has 25 heavy (non-hydrogen) atoms. The summed E-state index contributed by atoms with van der Waals surface area (Å²) in [5.41, 5.74) is 0.265. The molecule has 1 aliphatic rings. The van der Waals surface area contributed by atoms with Gasteiger partial charge in [-0.2, -0.15) is 0 Å². The van der Waals surface area contributed by atoms with Gasteiger partial charge in [0.15, 0.2) is 0 Å². The maximum Gasteiger partial charge on any atom is 0.317 e. The second-order valence-electron chi connectivity index (χ2n) is 6.79. The number of aryl methyl sites for hydroxylation is 1. The van der Waals surface area contributed by atoms with Crippen molar-refractivity contribution >= 4 is 22.9 Å². The summed E-state index contributed by atoms with van der Waals surface area (Å²) in [5, 5.41) is 12.9. The molecule has 1 atom stereocenters. The molecule has 0 bridgehead atoms. The molecule has 1 saturated heterocycles. The first-order valence-electron chi connectivity index (χ1n) is 8.16. The van der Waals surface area contributed by atoms with E-state index in [1.807, 2.05) is 24.3 Å². The minimum atomic E-state index is -0.906. The average molecular weight is 343 g/mol. The van der Waals surface area contributed by atoms with Crippen molar-refractivity contribution in [3.05, 3.63) is 46.2 Å². The Morgan fingerprint density at radius 3 is 2.72 bits per heavy atom. The van der Waals surface area contributed by atoms with Crippen LogP contribution in [-0.2, 0) is 18.4 Å². The van der Waals surface area contributed by atoms with Crippen LogP contribution in [0.15, 0.2) is 35.1 Å². The zero-order valence-corrected chi connectivity index (χ0v) is 14.3. The SMILES string of the molecule is Cn1c(=O)c(CNC(=O)N2CCC(C)(C(=O)O)C2)cc2ccccc21. The number of hydrogen-bond acceptors (Lipinski definition) is 3. The Kier molecular flexibility index (Phi) is 4.24. The van der Waals surface area contributed by atoms with Crippen LogP contribution in [0.4, 0.5) is 4.79 Å². The first kappa shape index (κ1) is 17.0. The molecule has 0 saturated carbocycles. The van der Waals surface area contributed by atoms with E-state index in [0.717, 1.165) is 10.9 Å². The molecule has 1 fully saturated rings. The van der Waals surface area contributed by atoms with Crippen LogP contribution in [-0.4, -0.2) is 39.7 Å². The first-order valence-corrected chi connectivity index (χ1v) is 8.16. The fourth-order valence-electron chi connectivity index (χ4n) is 3.21. The van der Waals surface area contributed by atoms with E-state index < -0.39 is 11.4 Å². The minimum absolute atomic E-state index is 0.108. The van der Waals surface area contributed by atoms with Gasteiger partial charge in [0.25, 0.3) is 5.56 Å². The topological polar surface area (TPSA) is 91.6 Å². The Balaban J connectivity index is 1.73. The number of pyridine rings is 1. The largest absolute Gasteiger partial charge is 0.481 e. The minimum Gasteiger partial charge on any atom is -0.481 e. The van der Waals surface area contributed by atoms with Crippen molar-refractivity contribution in [1.29, 1.82) is 0 Å². The number of urea groups is 1. The lowest BCUT2D eigenvalue weighted by atomic mass is 9.90. The van der Waals surface area contributed by atoms with E-state index in [4.69, 9.17) is 0 Å². The number of fused-ring (bicyclic) bond motifs is 1. The van der Waals surface area contributed by atoms with Gasteiger partial charge in [-0.05, 0) is 30.9 Å². The molecule has 7 heteroatoms. The number of likely N-dealkylation sites (tertiary alicyclic amines) is 1. The van der Waals surface area contributed by atoms with Crippen molar-refractivity contribution in [2.75, 3.05) is 13.1 Å². The summed E-state index contributed by atoms with van der Waals surface area (Å²) in [4.78, 5) is 37.5. The molecule has 2 heterocycles. The highest BCUT2D eigenvalue weighted by molar-refractivity contribution is 5.81. The fourth-order valence-corrected chi connectivity index (χ4v) is 3.21. The molecule has 2 aromatic rings. The predicted octanol–water partition coefficient (Wildman–Crippen LogP) is 1.54. The smallest absolute Gasteiger partial charge is 0.317 e. The number of aromatic nitrogens is 1. The van der Waals surface area contributed by atoms with Crippen LogP contribution in [0.25, 0.3) is 10.9 Å². The number of carboxylic acids is 1. The van der Waals surface area contributed by atoms with Gasteiger partial charge in [0.2, 0.25) is 0 Å². The van der Waals surface area contributed by atoms with Crippen LogP contribution in [0.3, 0.4) is 0 Å². The zero-order valence-electron chi connectivity index (χ0n) is 14.3. The molecular weight excluding hydrogens is 322 g/mol. The molecule has 1 aliphatic heterocycles. The lowest BCUT2D eigenvalue weighted by Gasteiger charge is -2.20. The van der Waals surface area contributed by atoms with E-state index in [-0.39, 0.29) is 24.7 Å². The number of para-hydroxylation sites is 1. The molecule has 2 amide bonds. The Hall–Kier alpha value is -2.83. The summed E-state index contributed by atoms with van der Waals surface area (Å²) in [6.45, 7) is 2.31. The van der Waals surface area contributed by atoms with Gasteiger partial charge < -0.3 is 19.9 Å². The molecular formula is C18H21N3O4. The second kappa shape index (κ2) is 6.23. The summed E-state index contributed by atoms with van der Waals surface area (Å²) < 4.78 is 1.56. The monoisotopic (exact) mass is 343 g/mol. The van der Waals surface area contributed by atoms with Crippen LogP contribution in [0, 0.1) is 5.41 Å². The second-order valence-corrected chi connectivity index (χ2v) is 6.79. The maximum absolute atomic E-state index is 12.4. The zero-order chi connectivity index (χ0) is 18.2. The van der Waals surface area contributed by atoms with Gasteiger partial charge in [0.1, 0.15) is 0 Å². The molecule has 1 unspecified atom stereocenters. The number of carboxylic acid groups (broad SMARTS) is 1. The normalized spacial score (nSPS) is 20.0. The van der Waals surface area contributed by atoms with Gasteiger partial charge in [-0.15, -0.1) is 0 Å². The third-order valence-corrected chi connectivity index (χ3v) is 4.91. The summed E-state index contributed by atoms with van der Waals surface area (Å²) >= 11 is 0. The number of nitrogens with one attached hydrogen (secondary N) is 1. The number of carbonyl (C=O) groups excluding carboxylic acids is 1. The number of nitrogens with zero attached hydrogens (tertiary/aromatic N) is 2. The third kappa shape index (κ3) is 3.09. The Morgan fingerprint density at radius 2 is 2.04 bits per heavy atom. The van der Waals surface area contributed by atoms with E-state index in [1.54, 1.807) is 24.6 Å². The summed E-state index contributed by atoms with van der Waals surface area (Å²) in [6, 6.07) is 8.99. The van der Waals surface area contributed by atoms with Crippen LogP contribution in [0.2, 0.25) is 0 Å². The third-order valence-electron chi connectivity index (χ3n) is 4.91. The van der Waals surface area contributed by atoms with Gasteiger partial charge >= 0.3 is 12.0 Å². The quantitative estimate of drug-likeness (QED) is 0.884. The van der Waals surface area contributed by atoms with Gasteiger partial charge in [0.05, 0.1) is 10.9 Å². The van der Waals surface area contributed by atoms with Crippen LogP contribution in [0.1, 0.15) is 18.9 Å². The highest BCUT2D eigenvalue weighted by atomic mass is 16.4. The Morgan fingerprint density at radius 1 is 1.32 bits per heavy atom. The fraction of sp³-hybridized carbons (Fsp3) is 0.389. The van der Waals surface area contributed by atoms with Crippen molar-refractivity contribution in [3.8, 4) is 0 Å². The van der Waals surface area contributed by atoms with E-state index in [2.05, 4.69) is 5.32 Å². The molecule has 1 aromatic carbocycles. The molecule has 1 aromatic heterocycles. The Bertz CT molecular complexity index is 905. The van der Waals surface area contributed by atoms with Crippen molar-refractivity contribution in [1.82, 2.24) is 14.8 Å². The Labute approximate surface area is 144 Å². The van der Waals surface area contributed by atoms with Gasteiger partial charge in [-0.25, -0.2) is 4.79 Å². The molecule has 132 valence electrons. The molecule has 0 aliphatic carbocycles. The lowest BCUT2D eigenvalue weighted by Crippen LogP contribution is -2.41. The molecule has 7 nitrogen and oxygen atoms in total. The summed E-state index contributed by atoms with van der Waals surface area (Å²) in [5.74, 6) is -0.897. The van der Waals surface area contributed by atoms with Crippen molar-refractivity contribution in [2.45, 2.75) is 19.9 Å². The number of benzene rings is 1. The standard InChI is InChI=1S/C18H21N3O4/c1-18(16(23)24)7-8-21(11-18)17(25)19-10-13-9-12-5-3-4-6-14(12)20(2)15(13)22/h3-6,9H,7-8,10-11H2,1-2H3,(H,19,25)(H,23,24). The molecule has 2 N–H and O–H groups in total. The van der Waals surface area contributed by atoms with Gasteiger partial charge in [-0.3, -0.25) is 9.59 Å². The number of aliphatic carboxylic acids is 1. The number of hydrogen-bond donors (Lipinski definition) is 2. The number of carbonyl (C=O) groups is 2. The van der Waals surface area contributed by atoms with Crippen molar-refractivity contribution < 1.29 is 14.7 Å². The predicted molar refractivity (Wildman–Crippen MR) is 93.4 cm³/mol. The van der Waals surface area contributed by atoms with Crippen molar-refractivity contribution in [3.63, 3.8) is 0 Å². The van der Waals surface area contributed by atoms with Crippen LogP contribution in [0.5, 0.6) is 0 Å². The van der Waals surface area contributed by atoms with Gasteiger partial charge in [0, 0.05) is 32.2 Å². The summed E-state index contributed by atoms with van der Waals surface area (Å²) in [7, 11) is 1.70. The first-order chi connectivity index (χ1) is 11.8. The van der Waals surface area contributed by atoms with Gasteiger partial charge in [-0.1, -0.05) is 18.2 Å². The lowest BCUT2D eigenvalue weighted by molar-refractivity contribution is -0.147.